The molecule has 134 valence electrons. The van der Waals surface area contributed by atoms with E-state index in [-0.39, 0.29) is 0 Å². The number of rotatable bonds is 4. The zero-order valence-electron chi connectivity index (χ0n) is 14.9. The predicted octanol–water partition coefficient (Wildman–Crippen LogP) is 0.888. The van der Waals surface area contributed by atoms with Crippen LogP contribution in [0.2, 0.25) is 0 Å². The highest BCUT2D eigenvalue weighted by atomic mass is 32.1. The van der Waals surface area contributed by atoms with Gasteiger partial charge in [-0.05, 0) is 37.3 Å². The Morgan fingerprint density at radius 1 is 1.08 bits per heavy atom. The van der Waals surface area contributed by atoms with Crippen molar-refractivity contribution in [3.63, 3.8) is 0 Å². The van der Waals surface area contributed by atoms with Crippen molar-refractivity contribution in [2.75, 3.05) is 31.1 Å². The summed E-state index contributed by atoms with van der Waals surface area (Å²) in [6.45, 7) is 7.02. The molecule has 1 fully saturated rings. The molecule has 0 radical (unpaired) electrons. The second kappa shape index (κ2) is 7.39. The van der Waals surface area contributed by atoms with Crippen LogP contribution < -0.4 is 14.8 Å². The molecular formula is C19H24N6S+2. The number of quaternary nitrogens is 1. The highest BCUT2D eigenvalue weighted by Gasteiger charge is 2.26. The fourth-order valence-corrected chi connectivity index (χ4v) is 3.85. The third-order valence-electron chi connectivity index (χ3n) is 4.89. The topological polar surface area (TPSA) is 44.6 Å². The molecule has 3 aromatic rings. The zero-order chi connectivity index (χ0) is 17.9. The number of benzene rings is 1. The first-order valence-corrected chi connectivity index (χ1v) is 9.40. The van der Waals surface area contributed by atoms with Gasteiger partial charge in [-0.25, -0.2) is 4.98 Å². The zero-order valence-corrected chi connectivity index (χ0v) is 15.7. The molecule has 26 heavy (non-hydrogen) atoms. The Kier molecular flexibility index (Phi) is 4.81. The number of H-pyrrole nitrogens is 1. The normalized spacial score (nSPS) is 15.3. The molecule has 1 aromatic carbocycles. The SMILES string of the molecule is Cc1nn(C[NH+]2CCN(c3cccc[nH+]3)CC2)c(=S)n1-c1ccccc1. The number of aryl methyl sites for hydroxylation is 1. The van der Waals surface area contributed by atoms with Crippen molar-refractivity contribution in [1.82, 2.24) is 14.3 Å². The fourth-order valence-electron chi connectivity index (χ4n) is 3.51. The number of pyridine rings is 1. The lowest BCUT2D eigenvalue weighted by molar-refractivity contribution is -0.924. The molecule has 0 atom stereocenters. The lowest BCUT2D eigenvalue weighted by Gasteiger charge is -2.27. The van der Waals surface area contributed by atoms with Gasteiger partial charge in [0.1, 0.15) is 32.0 Å². The van der Waals surface area contributed by atoms with Gasteiger partial charge in [0.2, 0.25) is 4.77 Å². The Labute approximate surface area is 158 Å². The second-order valence-corrected chi connectivity index (χ2v) is 7.01. The van der Waals surface area contributed by atoms with E-state index in [0.29, 0.717) is 0 Å². The van der Waals surface area contributed by atoms with Crippen molar-refractivity contribution in [2.24, 2.45) is 0 Å². The summed E-state index contributed by atoms with van der Waals surface area (Å²) in [5.74, 6) is 2.12. The van der Waals surface area contributed by atoms with Crippen LogP contribution in [0.15, 0.2) is 54.7 Å². The van der Waals surface area contributed by atoms with Crippen LogP contribution in [-0.2, 0) is 6.67 Å². The molecule has 7 heteroatoms. The highest BCUT2D eigenvalue weighted by Crippen LogP contribution is 2.11. The minimum atomic E-state index is 0.764. The van der Waals surface area contributed by atoms with Crippen molar-refractivity contribution in [1.29, 1.82) is 0 Å². The maximum absolute atomic E-state index is 5.70. The number of hydrogen-bond donors (Lipinski definition) is 1. The molecule has 0 spiro atoms. The molecule has 1 saturated heterocycles. The number of aromatic amines is 1. The van der Waals surface area contributed by atoms with Crippen LogP contribution in [0, 0.1) is 11.7 Å². The number of nitrogens with zero attached hydrogens (tertiary/aromatic N) is 4. The van der Waals surface area contributed by atoms with E-state index in [1.807, 2.05) is 46.6 Å². The molecule has 0 bridgehead atoms. The van der Waals surface area contributed by atoms with Crippen molar-refractivity contribution < 1.29 is 9.88 Å². The van der Waals surface area contributed by atoms with Crippen LogP contribution in [-0.4, -0.2) is 40.5 Å². The smallest absolute Gasteiger partial charge is 0.274 e. The summed E-state index contributed by atoms with van der Waals surface area (Å²) in [5, 5.41) is 4.69. The summed E-state index contributed by atoms with van der Waals surface area (Å²) in [5.41, 5.74) is 1.07. The first-order chi connectivity index (χ1) is 12.7. The van der Waals surface area contributed by atoms with Crippen molar-refractivity contribution in [3.8, 4) is 5.69 Å². The third kappa shape index (κ3) is 3.40. The number of nitrogens with one attached hydrogen (secondary N) is 2. The summed E-state index contributed by atoms with van der Waals surface area (Å²) in [6, 6.07) is 16.4. The van der Waals surface area contributed by atoms with Gasteiger partial charge in [0.15, 0.2) is 6.67 Å². The van der Waals surface area contributed by atoms with E-state index in [2.05, 4.69) is 34.1 Å². The molecule has 0 unspecified atom stereocenters. The lowest BCUT2D eigenvalue weighted by atomic mass is 10.3. The van der Waals surface area contributed by atoms with E-state index in [4.69, 9.17) is 17.3 Å². The van der Waals surface area contributed by atoms with Gasteiger partial charge in [0.25, 0.3) is 5.82 Å². The molecule has 2 aromatic heterocycles. The molecule has 1 aliphatic rings. The molecule has 6 nitrogen and oxygen atoms in total. The van der Waals surface area contributed by atoms with Crippen LogP contribution in [0.3, 0.4) is 0 Å². The quantitative estimate of drug-likeness (QED) is 0.696. The first kappa shape index (κ1) is 16.9. The lowest BCUT2D eigenvalue weighted by Crippen LogP contribution is -3.14. The van der Waals surface area contributed by atoms with Gasteiger partial charge in [0, 0.05) is 11.8 Å². The standard InChI is InChI=1S/C19H22N6S/c1-16-21-24(19(26)25(16)17-7-3-2-4-8-17)15-22-11-13-23(14-12-22)18-9-5-6-10-20-18/h2-10H,11-15H2,1H3/p+2. The minimum Gasteiger partial charge on any atom is -0.310 e. The summed E-state index contributed by atoms with van der Waals surface area (Å²) in [4.78, 5) is 7.22. The minimum absolute atomic E-state index is 0.764. The predicted molar refractivity (Wildman–Crippen MR) is 103 cm³/mol. The van der Waals surface area contributed by atoms with Gasteiger partial charge < -0.3 is 4.90 Å². The van der Waals surface area contributed by atoms with E-state index in [1.54, 1.807) is 0 Å². The van der Waals surface area contributed by atoms with Gasteiger partial charge in [0.05, 0.1) is 6.20 Å². The average Bonchev–Trinajstić information content (AvgIpc) is 2.97. The van der Waals surface area contributed by atoms with Crippen LogP contribution in [0.1, 0.15) is 5.82 Å². The number of para-hydroxylation sites is 1. The molecule has 0 saturated carbocycles. The van der Waals surface area contributed by atoms with E-state index in [9.17, 15) is 0 Å². The Morgan fingerprint density at radius 2 is 1.81 bits per heavy atom. The van der Waals surface area contributed by atoms with Gasteiger partial charge in [-0.15, -0.1) is 0 Å². The molecule has 1 aliphatic heterocycles. The van der Waals surface area contributed by atoms with Crippen LogP contribution in [0.5, 0.6) is 0 Å². The summed E-state index contributed by atoms with van der Waals surface area (Å²) in [6.07, 6.45) is 1.98. The van der Waals surface area contributed by atoms with Gasteiger partial charge in [-0.3, -0.25) is 9.47 Å². The number of piperazine rings is 1. The summed E-state index contributed by atoms with van der Waals surface area (Å²) < 4.78 is 4.78. The Morgan fingerprint density at radius 3 is 2.50 bits per heavy atom. The second-order valence-electron chi connectivity index (χ2n) is 6.64. The van der Waals surface area contributed by atoms with Crippen LogP contribution in [0.4, 0.5) is 5.82 Å². The van der Waals surface area contributed by atoms with Gasteiger partial charge in [-0.1, -0.05) is 24.3 Å². The number of hydrogen-bond acceptors (Lipinski definition) is 3. The monoisotopic (exact) mass is 368 g/mol. The van der Waals surface area contributed by atoms with E-state index >= 15 is 0 Å². The van der Waals surface area contributed by atoms with E-state index in [0.717, 1.165) is 49.1 Å². The maximum Gasteiger partial charge on any atom is 0.274 e. The largest absolute Gasteiger partial charge is 0.310 e. The van der Waals surface area contributed by atoms with Gasteiger partial charge in [-0.2, -0.15) is 9.78 Å². The van der Waals surface area contributed by atoms with Crippen molar-refractivity contribution >= 4 is 18.0 Å². The van der Waals surface area contributed by atoms with Crippen LogP contribution >= 0.6 is 12.2 Å². The Bertz CT molecular complexity index is 910. The van der Waals surface area contributed by atoms with E-state index in [1.165, 1.54) is 10.7 Å². The molecule has 3 heterocycles. The van der Waals surface area contributed by atoms with Crippen molar-refractivity contribution in [2.45, 2.75) is 13.6 Å². The van der Waals surface area contributed by atoms with E-state index < -0.39 is 0 Å². The average molecular weight is 369 g/mol. The number of aromatic nitrogens is 4. The molecular weight excluding hydrogens is 344 g/mol. The summed E-state index contributed by atoms with van der Waals surface area (Å²) in [7, 11) is 0. The fraction of sp³-hybridized carbons (Fsp3) is 0.316. The van der Waals surface area contributed by atoms with Crippen molar-refractivity contribution in [3.05, 3.63) is 65.3 Å². The third-order valence-corrected chi connectivity index (χ3v) is 5.29. The molecule has 0 aliphatic carbocycles. The Balaban J connectivity index is 1.45. The maximum atomic E-state index is 5.70. The first-order valence-electron chi connectivity index (χ1n) is 8.99. The summed E-state index contributed by atoms with van der Waals surface area (Å²) >= 11 is 5.70. The number of anilines is 1. The molecule has 2 N–H and O–H groups in total. The molecule has 4 rings (SSSR count). The molecule has 0 amide bonds. The Hall–Kier alpha value is -2.51. The van der Waals surface area contributed by atoms with Gasteiger partial charge >= 0.3 is 0 Å². The highest BCUT2D eigenvalue weighted by molar-refractivity contribution is 7.71. The van der Waals surface area contributed by atoms with Crippen LogP contribution in [0.25, 0.3) is 5.69 Å².